The molecule has 1 aliphatic heterocycles. The van der Waals surface area contributed by atoms with Gasteiger partial charge in [0.2, 0.25) is 5.78 Å². The smallest absolute Gasteiger partial charge is 0.231 e. The summed E-state index contributed by atoms with van der Waals surface area (Å²) in [4.78, 5) is 12.7. The fourth-order valence-electron chi connectivity index (χ4n) is 3.24. The average molecular weight is 418 g/mol. The maximum absolute atomic E-state index is 12.7. The van der Waals surface area contributed by atoms with E-state index in [1.807, 2.05) is 30.3 Å². The molecule has 0 N–H and O–H groups in total. The summed E-state index contributed by atoms with van der Waals surface area (Å²) >= 11 is 0. The summed E-state index contributed by atoms with van der Waals surface area (Å²) in [5.74, 6) is 3.15. The van der Waals surface area contributed by atoms with Crippen LogP contribution >= 0.6 is 0 Å². The summed E-state index contributed by atoms with van der Waals surface area (Å²) in [6.07, 6.45) is 1.68. The largest absolute Gasteiger partial charge is 0.497 e. The highest BCUT2D eigenvalue weighted by Gasteiger charge is 2.27. The van der Waals surface area contributed by atoms with Gasteiger partial charge in [0.1, 0.15) is 23.9 Å². The predicted octanol–water partition coefficient (Wildman–Crippen LogP) is 4.91. The number of rotatable bonds is 7. The van der Waals surface area contributed by atoms with Crippen molar-refractivity contribution in [1.29, 1.82) is 0 Å². The molecule has 0 atom stereocenters. The number of hydrogen-bond acceptors (Lipinski definition) is 6. The number of carbonyl (C=O) groups excluding carboxylic acids is 1. The lowest BCUT2D eigenvalue weighted by molar-refractivity contribution is 0.101. The first kappa shape index (κ1) is 20.3. The number of carbonyl (C=O) groups is 1. The van der Waals surface area contributed by atoms with Crippen LogP contribution in [0.15, 0.2) is 66.4 Å². The second-order valence-corrected chi connectivity index (χ2v) is 6.85. The van der Waals surface area contributed by atoms with Gasteiger partial charge in [-0.15, -0.1) is 0 Å². The fraction of sp³-hybridized carbons (Fsp3) is 0.160. The van der Waals surface area contributed by atoms with Crippen LogP contribution in [0.4, 0.5) is 0 Å². The van der Waals surface area contributed by atoms with E-state index in [1.54, 1.807) is 57.7 Å². The van der Waals surface area contributed by atoms with Gasteiger partial charge in [-0.3, -0.25) is 4.79 Å². The number of ketones is 1. The number of benzene rings is 3. The van der Waals surface area contributed by atoms with Crippen molar-refractivity contribution in [2.75, 3.05) is 21.3 Å². The van der Waals surface area contributed by atoms with Crippen LogP contribution in [0, 0.1) is 0 Å². The van der Waals surface area contributed by atoms with Crippen LogP contribution in [0.3, 0.4) is 0 Å². The van der Waals surface area contributed by atoms with Crippen molar-refractivity contribution in [1.82, 2.24) is 0 Å². The third kappa shape index (κ3) is 4.33. The third-order valence-corrected chi connectivity index (χ3v) is 4.91. The zero-order chi connectivity index (χ0) is 21.8. The molecular weight excluding hydrogens is 396 g/mol. The van der Waals surface area contributed by atoms with E-state index in [2.05, 4.69) is 0 Å². The maximum Gasteiger partial charge on any atom is 0.231 e. The molecule has 0 spiro atoms. The standard InChI is InChI=1S/C25H22O6/c1-27-18-7-4-16(5-8-18)15-30-19-9-10-20-22(14-19)31-24(25(20)26)13-17-6-11-21(28-2)23(12-17)29-3/h4-14H,15H2,1-3H3/b24-13-. The van der Waals surface area contributed by atoms with E-state index in [4.69, 9.17) is 23.7 Å². The molecule has 1 heterocycles. The van der Waals surface area contributed by atoms with Gasteiger partial charge in [-0.05, 0) is 53.6 Å². The van der Waals surface area contributed by atoms with Gasteiger partial charge in [0.15, 0.2) is 17.3 Å². The molecule has 4 rings (SSSR count). The van der Waals surface area contributed by atoms with Crippen molar-refractivity contribution in [2.24, 2.45) is 0 Å². The lowest BCUT2D eigenvalue weighted by Gasteiger charge is -2.08. The highest BCUT2D eigenvalue weighted by molar-refractivity contribution is 6.14. The zero-order valence-corrected chi connectivity index (χ0v) is 17.5. The maximum atomic E-state index is 12.7. The topological polar surface area (TPSA) is 63.2 Å². The molecule has 0 saturated carbocycles. The average Bonchev–Trinajstić information content (AvgIpc) is 3.12. The van der Waals surface area contributed by atoms with Crippen LogP contribution in [0.5, 0.6) is 28.7 Å². The lowest BCUT2D eigenvalue weighted by atomic mass is 10.1. The van der Waals surface area contributed by atoms with Gasteiger partial charge >= 0.3 is 0 Å². The Morgan fingerprint density at radius 2 is 1.55 bits per heavy atom. The van der Waals surface area contributed by atoms with Crippen LogP contribution < -0.4 is 23.7 Å². The summed E-state index contributed by atoms with van der Waals surface area (Å²) in [6.45, 7) is 0.394. The second-order valence-electron chi connectivity index (χ2n) is 6.85. The number of hydrogen-bond donors (Lipinski definition) is 0. The number of allylic oxidation sites excluding steroid dienone is 1. The first-order chi connectivity index (χ1) is 15.1. The highest BCUT2D eigenvalue weighted by atomic mass is 16.5. The number of methoxy groups -OCH3 is 3. The van der Waals surface area contributed by atoms with E-state index >= 15 is 0 Å². The van der Waals surface area contributed by atoms with Gasteiger partial charge in [0.25, 0.3) is 0 Å². The van der Waals surface area contributed by atoms with E-state index in [1.165, 1.54) is 0 Å². The molecule has 6 heteroatoms. The van der Waals surface area contributed by atoms with Crippen molar-refractivity contribution in [3.63, 3.8) is 0 Å². The summed E-state index contributed by atoms with van der Waals surface area (Å²) in [5.41, 5.74) is 2.28. The van der Waals surface area contributed by atoms with Crippen molar-refractivity contribution in [3.05, 3.63) is 83.1 Å². The van der Waals surface area contributed by atoms with Gasteiger partial charge in [-0.1, -0.05) is 18.2 Å². The molecule has 158 valence electrons. The fourth-order valence-corrected chi connectivity index (χ4v) is 3.24. The minimum Gasteiger partial charge on any atom is -0.497 e. The molecule has 0 amide bonds. The first-order valence-corrected chi connectivity index (χ1v) is 9.67. The van der Waals surface area contributed by atoms with Gasteiger partial charge in [-0.25, -0.2) is 0 Å². The summed E-state index contributed by atoms with van der Waals surface area (Å²) in [6, 6.07) is 18.3. The monoisotopic (exact) mass is 418 g/mol. The molecule has 0 unspecified atom stereocenters. The van der Waals surface area contributed by atoms with Crippen LogP contribution in [0.1, 0.15) is 21.5 Å². The molecule has 31 heavy (non-hydrogen) atoms. The van der Waals surface area contributed by atoms with Crippen LogP contribution in [0.25, 0.3) is 6.08 Å². The quantitative estimate of drug-likeness (QED) is 0.508. The van der Waals surface area contributed by atoms with E-state index in [0.717, 1.165) is 16.9 Å². The lowest BCUT2D eigenvalue weighted by Crippen LogP contribution is -1.98. The Bertz CT molecular complexity index is 1130. The van der Waals surface area contributed by atoms with Gasteiger partial charge in [0, 0.05) is 6.07 Å². The van der Waals surface area contributed by atoms with E-state index in [9.17, 15) is 4.79 Å². The highest BCUT2D eigenvalue weighted by Crippen LogP contribution is 2.36. The van der Waals surface area contributed by atoms with Crippen molar-refractivity contribution >= 4 is 11.9 Å². The normalized spacial score (nSPS) is 13.5. The molecule has 3 aromatic carbocycles. The first-order valence-electron chi connectivity index (χ1n) is 9.67. The Labute approximate surface area is 180 Å². The second kappa shape index (κ2) is 8.83. The molecule has 0 bridgehead atoms. The minimum absolute atomic E-state index is 0.175. The molecule has 6 nitrogen and oxygen atoms in total. The molecule has 0 fully saturated rings. The van der Waals surface area contributed by atoms with E-state index in [-0.39, 0.29) is 11.5 Å². The summed E-state index contributed by atoms with van der Waals surface area (Å²) < 4.78 is 27.4. The summed E-state index contributed by atoms with van der Waals surface area (Å²) in [7, 11) is 4.77. The molecule has 1 aliphatic rings. The number of ether oxygens (including phenoxy) is 5. The minimum atomic E-state index is -0.175. The van der Waals surface area contributed by atoms with Crippen molar-refractivity contribution in [3.8, 4) is 28.7 Å². The van der Waals surface area contributed by atoms with Crippen LogP contribution in [-0.2, 0) is 6.61 Å². The van der Waals surface area contributed by atoms with Gasteiger partial charge in [0.05, 0.1) is 26.9 Å². The van der Waals surface area contributed by atoms with Gasteiger partial charge < -0.3 is 23.7 Å². The van der Waals surface area contributed by atoms with Crippen LogP contribution in [-0.4, -0.2) is 27.1 Å². The molecule has 0 radical (unpaired) electrons. The molecule has 3 aromatic rings. The Balaban J connectivity index is 1.49. The summed E-state index contributed by atoms with van der Waals surface area (Å²) in [5, 5.41) is 0. The molecule has 0 aromatic heterocycles. The van der Waals surface area contributed by atoms with Crippen LogP contribution in [0.2, 0.25) is 0 Å². The SMILES string of the molecule is COc1ccc(COc2ccc3c(c2)O/C(=C\c2ccc(OC)c(OC)c2)C3=O)cc1. The predicted molar refractivity (Wildman–Crippen MR) is 116 cm³/mol. The van der Waals surface area contributed by atoms with Crippen molar-refractivity contribution < 1.29 is 28.5 Å². The molecule has 0 saturated heterocycles. The zero-order valence-electron chi connectivity index (χ0n) is 17.5. The Morgan fingerprint density at radius 1 is 0.806 bits per heavy atom. The van der Waals surface area contributed by atoms with Gasteiger partial charge in [-0.2, -0.15) is 0 Å². The Morgan fingerprint density at radius 3 is 2.26 bits per heavy atom. The third-order valence-electron chi connectivity index (χ3n) is 4.91. The number of fused-ring (bicyclic) bond motifs is 1. The molecule has 0 aliphatic carbocycles. The van der Waals surface area contributed by atoms with E-state index < -0.39 is 0 Å². The number of Topliss-reactive ketones (excluding diaryl/α,β-unsaturated/α-hetero) is 1. The Kier molecular flexibility index (Phi) is 5.80. The molecular formula is C25H22O6. The van der Waals surface area contributed by atoms with E-state index in [0.29, 0.717) is 35.2 Å². The Hall–Kier alpha value is -3.93. The van der Waals surface area contributed by atoms with Crippen molar-refractivity contribution in [2.45, 2.75) is 6.61 Å².